The topological polar surface area (TPSA) is 99.4 Å². The summed E-state index contributed by atoms with van der Waals surface area (Å²) in [5, 5.41) is 33.4. The van der Waals surface area contributed by atoms with E-state index in [0.29, 0.717) is 17.8 Å². The number of hydrogen-bond acceptors (Lipinski definition) is 5. The Labute approximate surface area is 162 Å². The molecule has 2 rings (SSSR count). The fraction of sp³-hybridized carbons (Fsp3) is 0.810. The van der Waals surface area contributed by atoms with Gasteiger partial charge < -0.3 is 20.2 Å². The molecule has 0 aromatic rings. The van der Waals surface area contributed by atoms with Gasteiger partial charge in [0.25, 0.3) is 0 Å². The molecule has 27 heavy (non-hydrogen) atoms. The molecule has 2 unspecified atom stereocenters. The summed E-state index contributed by atoms with van der Waals surface area (Å²) in [6, 6.07) is 0. The van der Waals surface area contributed by atoms with Crippen LogP contribution in [0.5, 0.6) is 0 Å². The molecule has 0 saturated heterocycles. The van der Waals surface area contributed by atoms with E-state index in [4.69, 9.17) is 9.94 Å². The lowest BCUT2D eigenvalue weighted by atomic mass is 9.90. The zero-order valence-corrected chi connectivity index (χ0v) is 16.6. The van der Waals surface area contributed by atoms with Crippen LogP contribution in [-0.4, -0.2) is 45.8 Å². The van der Waals surface area contributed by atoms with Gasteiger partial charge >= 0.3 is 5.97 Å². The standard InChI is InChI=1S/C21H35NO5/c1-3-4-5-14(2)10-17(23)6-7-18-19-13-16(11-15(19)12-20(18)24)22-27-9-8-21(25)26/h6-7,14-15,17-20,23-24H,3-5,8-13H2,1-2H3,(H,25,26)/t14?,15-,17?,18-,19+,20-/m0/s1. The largest absolute Gasteiger partial charge is 0.481 e. The van der Waals surface area contributed by atoms with E-state index in [1.54, 1.807) is 0 Å². The first-order valence-corrected chi connectivity index (χ1v) is 10.3. The van der Waals surface area contributed by atoms with Crippen LogP contribution in [0.1, 0.15) is 65.2 Å². The molecule has 0 aromatic carbocycles. The maximum atomic E-state index is 10.5. The van der Waals surface area contributed by atoms with Crippen molar-refractivity contribution in [3.8, 4) is 0 Å². The Morgan fingerprint density at radius 2 is 2.19 bits per heavy atom. The van der Waals surface area contributed by atoms with Crippen molar-refractivity contribution >= 4 is 11.7 Å². The monoisotopic (exact) mass is 381 g/mol. The molecule has 0 aliphatic heterocycles. The smallest absolute Gasteiger partial charge is 0.306 e. The number of oxime groups is 1. The number of hydrogen-bond donors (Lipinski definition) is 3. The molecule has 154 valence electrons. The number of unbranched alkanes of at least 4 members (excludes halogenated alkanes) is 1. The first-order chi connectivity index (χ1) is 12.9. The van der Waals surface area contributed by atoms with Gasteiger partial charge in [-0.3, -0.25) is 4.79 Å². The lowest BCUT2D eigenvalue weighted by Crippen LogP contribution is -2.18. The molecule has 2 saturated carbocycles. The predicted octanol–water partition coefficient (Wildman–Crippen LogP) is 3.37. The maximum absolute atomic E-state index is 10.5. The second kappa shape index (κ2) is 10.8. The van der Waals surface area contributed by atoms with E-state index in [1.165, 1.54) is 12.8 Å². The number of aliphatic hydroxyl groups is 2. The molecule has 0 heterocycles. The fourth-order valence-electron chi connectivity index (χ4n) is 4.47. The minimum Gasteiger partial charge on any atom is -0.481 e. The number of carbonyl (C=O) groups is 1. The molecular weight excluding hydrogens is 346 g/mol. The van der Waals surface area contributed by atoms with E-state index in [1.807, 2.05) is 12.2 Å². The van der Waals surface area contributed by atoms with Crippen molar-refractivity contribution in [1.29, 1.82) is 0 Å². The maximum Gasteiger partial charge on any atom is 0.306 e. The zero-order valence-electron chi connectivity index (χ0n) is 16.6. The van der Waals surface area contributed by atoms with Gasteiger partial charge in [0.1, 0.15) is 6.61 Å². The number of carboxylic acids is 1. The third-order valence-electron chi connectivity index (χ3n) is 5.91. The minimum absolute atomic E-state index is 0.0438. The summed E-state index contributed by atoms with van der Waals surface area (Å²) in [4.78, 5) is 15.6. The van der Waals surface area contributed by atoms with Crippen LogP contribution in [0.25, 0.3) is 0 Å². The third kappa shape index (κ3) is 6.92. The van der Waals surface area contributed by atoms with Crippen LogP contribution in [0.4, 0.5) is 0 Å². The predicted molar refractivity (Wildman–Crippen MR) is 104 cm³/mol. The quantitative estimate of drug-likeness (QED) is 0.289. The van der Waals surface area contributed by atoms with Crippen molar-refractivity contribution in [2.75, 3.05) is 6.61 Å². The molecule has 6 nitrogen and oxygen atoms in total. The van der Waals surface area contributed by atoms with Crippen molar-refractivity contribution in [3.63, 3.8) is 0 Å². The second-order valence-corrected chi connectivity index (χ2v) is 8.28. The van der Waals surface area contributed by atoms with E-state index in [9.17, 15) is 15.0 Å². The van der Waals surface area contributed by atoms with Crippen LogP contribution in [0, 0.1) is 23.7 Å². The number of fused-ring (bicyclic) bond motifs is 1. The Hall–Kier alpha value is -1.40. The molecular formula is C21H35NO5. The summed E-state index contributed by atoms with van der Waals surface area (Å²) in [5.41, 5.74) is 0.953. The molecule has 6 atom stereocenters. The van der Waals surface area contributed by atoms with Gasteiger partial charge in [0.05, 0.1) is 24.3 Å². The molecule has 2 aliphatic carbocycles. The highest BCUT2D eigenvalue weighted by atomic mass is 16.6. The average molecular weight is 382 g/mol. The minimum atomic E-state index is -0.894. The molecule has 0 radical (unpaired) electrons. The molecule has 3 N–H and O–H groups in total. The van der Waals surface area contributed by atoms with Crippen molar-refractivity contribution in [2.24, 2.45) is 28.8 Å². The highest BCUT2D eigenvalue weighted by Crippen LogP contribution is 2.47. The lowest BCUT2D eigenvalue weighted by Gasteiger charge is -2.18. The van der Waals surface area contributed by atoms with Gasteiger partial charge in [-0.2, -0.15) is 0 Å². The summed E-state index contributed by atoms with van der Waals surface area (Å²) < 4.78 is 0. The summed E-state index contributed by atoms with van der Waals surface area (Å²) in [6.07, 6.45) is 9.57. The van der Waals surface area contributed by atoms with E-state index in [-0.39, 0.29) is 25.0 Å². The van der Waals surface area contributed by atoms with E-state index in [0.717, 1.165) is 37.8 Å². The summed E-state index contributed by atoms with van der Waals surface area (Å²) in [5.74, 6) is 0.357. The van der Waals surface area contributed by atoms with Crippen molar-refractivity contribution < 1.29 is 25.0 Å². The highest BCUT2D eigenvalue weighted by molar-refractivity contribution is 5.86. The van der Waals surface area contributed by atoms with Crippen LogP contribution in [0.15, 0.2) is 17.3 Å². The van der Waals surface area contributed by atoms with Crippen LogP contribution in [0.3, 0.4) is 0 Å². The van der Waals surface area contributed by atoms with Gasteiger partial charge in [-0.1, -0.05) is 50.4 Å². The molecule has 0 bridgehead atoms. The molecule has 0 amide bonds. The molecule has 2 aliphatic rings. The lowest BCUT2D eigenvalue weighted by molar-refractivity contribution is -0.138. The number of aliphatic carboxylic acids is 1. The third-order valence-corrected chi connectivity index (χ3v) is 5.91. The number of rotatable bonds is 11. The Kier molecular flexibility index (Phi) is 8.77. The van der Waals surface area contributed by atoms with E-state index < -0.39 is 12.1 Å². The Balaban J connectivity index is 1.83. The summed E-state index contributed by atoms with van der Waals surface area (Å²) in [6.45, 7) is 4.44. The SMILES string of the molecule is CCCCC(C)CC(O)C=C[C@H]1[C@@H]2CC(=NOCCC(=O)O)C[C@H]2C[C@@H]1O. The normalized spacial score (nSPS) is 31.3. The Morgan fingerprint density at radius 1 is 1.41 bits per heavy atom. The van der Waals surface area contributed by atoms with Gasteiger partial charge in [0.2, 0.25) is 0 Å². The summed E-state index contributed by atoms with van der Waals surface area (Å²) in [7, 11) is 0. The van der Waals surface area contributed by atoms with E-state index >= 15 is 0 Å². The van der Waals surface area contributed by atoms with Crippen molar-refractivity contribution in [3.05, 3.63) is 12.2 Å². The number of aliphatic hydroxyl groups excluding tert-OH is 2. The Bertz CT molecular complexity index is 533. The highest BCUT2D eigenvalue weighted by Gasteiger charge is 2.46. The van der Waals surface area contributed by atoms with Gasteiger partial charge in [-0.05, 0) is 43.4 Å². The zero-order chi connectivity index (χ0) is 19.8. The second-order valence-electron chi connectivity index (χ2n) is 8.28. The summed E-state index contributed by atoms with van der Waals surface area (Å²) >= 11 is 0. The number of carboxylic acid groups (broad SMARTS) is 1. The fourth-order valence-corrected chi connectivity index (χ4v) is 4.47. The molecule has 6 heteroatoms. The van der Waals surface area contributed by atoms with Gasteiger partial charge in [0.15, 0.2) is 0 Å². The molecule has 0 aromatic heterocycles. The van der Waals surface area contributed by atoms with Crippen LogP contribution in [-0.2, 0) is 9.63 Å². The average Bonchev–Trinajstić information content (AvgIpc) is 3.11. The Morgan fingerprint density at radius 3 is 2.89 bits per heavy atom. The van der Waals surface area contributed by atoms with E-state index in [2.05, 4.69) is 19.0 Å². The van der Waals surface area contributed by atoms with Gasteiger partial charge in [-0.15, -0.1) is 0 Å². The van der Waals surface area contributed by atoms with Crippen LogP contribution >= 0.6 is 0 Å². The first kappa shape index (κ1) is 21.9. The number of nitrogens with zero attached hydrogens (tertiary/aromatic N) is 1. The van der Waals surface area contributed by atoms with Crippen LogP contribution in [0.2, 0.25) is 0 Å². The molecule has 2 fully saturated rings. The van der Waals surface area contributed by atoms with Crippen molar-refractivity contribution in [2.45, 2.75) is 77.4 Å². The van der Waals surface area contributed by atoms with Crippen molar-refractivity contribution in [1.82, 2.24) is 0 Å². The molecule has 0 spiro atoms. The van der Waals surface area contributed by atoms with Gasteiger partial charge in [0, 0.05) is 5.92 Å². The van der Waals surface area contributed by atoms with Gasteiger partial charge in [-0.25, -0.2) is 0 Å². The van der Waals surface area contributed by atoms with Crippen LogP contribution < -0.4 is 0 Å². The first-order valence-electron chi connectivity index (χ1n) is 10.3.